The van der Waals surface area contributed by atoms with Crippen molar-refractivity contribution in [1.82, 2.24) is 10.3 Å². The maximum Gasteiger partial charge on any atom is 0.162 e. The molecule has 1 aromatic carbocycles. The van der Waals surface area contributed by atoms with Gasteiger partial charge >= 0.3 is 0 Å². The molecule has 0 fully saturated rings. The molecule has 18 heavy (non-hydrogen) atoms. The summed E-state index contributed by atoms with van der Waals surface area (Å²) in [6.45, 7) is 0. The summed E-state index contributed by atoms with van der Waals surface area (Å²) < 4.78 is 26.7. The van der Waals surface area contributed by atoms with E-state index < -0.39 is 11.6 Å². The highest BCUT2D eigenvalue weighted by Gasteiger charge is 2.14. The molecule has 2 rings (SSSR count). The van der Waals surface area contributed by atoms with Crippen LogP contribution in [0.2, 0.25) is 0 Å². The number of aromatic nitrogens is 1. The van der Waals surface area contributed by atoms with Crippen LogP contribution in [0.5, 0.6) is 0 Å². The van der Waals surface area contributed by atoms with E-state index in [0.717, 1.165) is 11.6 Å². The third-order valence-corrected chi connectivity index (χ3v) is 2.89. The van der Waals surface area contributed by atoms with Gasteiger partial charge in [-0.2, -0.15) is 0 Å². The minimum Gasteiger partial charge on any atom is -0.313 e. The second kappa shape index (κ2) is 5.69. The first-order valence-electron chi connectivity index (χ1n) is 5.72. The minimum absolute atomic E-state index is 0.0880. The normalized spacial score (nSPS) is 12.4. The van der Waals surface area contributed by atoms with Gasteiger partial charge in [0, 0.05) is 18.4 Å². The predicted molar refractivity (Wildman–Crippen MR) is 66.1 cm³/mol. The SMILES string of the molecule is CNC(Cc1cccc(F)c1F)c1cccnc1. The van der Waals surface area contributed by atoms with E-state index in [1.54, 1.807) is 25.5 Å². The van der Waals surface area contributed by atoms with Gasteiger partial charge in [-0.15, -0.1) is 0 Å². The Morgan fingerprint density at radius 3 is 2.72 bits per heavy atom. The third kappa shape index (κ3) is 2.71. The topological polar surface area (TPSA) is 24.9 Å². The van der Waals surface area contributed by atoms with Gasteiger partial charge < -0.3 is 5.32 Å². The highest BCUT2D eigenvalue weighted by atomic mass is 19.2. The number of halogens is 2. The molecule has 0 amide bonds. The molecular weight excluding hydrogens is 234 g/mol. The molecule has 0 radical (unpaired) electrons. The average molecular weight is 248 g/mol. The van der Waals surface area contributed by atoms with Gasteiger partial charge in [-0.05, 0) is 36.7 Å². The zero-order valence-corrected chi connectivity index (χ0v) is 10.0. The van der Waals surface area contributed by atoms with Crippen LogP contribution in [-0.4, -0.2) is 12.0 Å². The van der Waals surface area contributed by atoms with Crippen LogP contribution >= 0.6 is 0 Å². The smallest absolute Gasteiger partial charge is 0.162 e. The van der Waals surface area contributed by atoms with Gasteiger partial charge in [0.05, 0.1) is 0 Å². The Labute approximate surface area is 105 Å². The van der Waals surface area contributed by atoms with Crippen LogP contribution in [0.25, 0.3) is 0 Å². The molecule has 0 aliphatic heterocycles. The maximum atomic E-state index is 13.6. The third-order valence-electron chi connectivity index (χ3n) is 2.89. The molecule has 2 nitrogen and oxygen atoms in total. The number of nitrogens with one attached hydrogen (secondary N) is 1. The van der Waals surface area contributed by atoms with E-state index in [9.17, 15) is 8.78 Å². The summed E-state index contributed by atoms with van der Waals surface area (Å²) in [6.07, 6.45) is 3.78. The highest BCUT2D eigenvalue weighted by molar-refractivity contribution is 5.23. The first kappa shape index (κ1) is 12.6. The summed E-state index contributed by atoms with van der Waals surface area (Å²) in [6, 6.07) is 7.88. The summed E-state index contributed by atoms with van der Waals surface area (Å²) in [5.74, 6) is -1.59. The van der Waals surface area contributed by atoms with E-state index >= 15 is 0 Å². The van der Waals surface area contributed by atoms with Crippen LogP contribution in [0.4, 0.5) is 8.78 Å². The Balaban J connectivity index is 2.24. The Morgan fingerprint density at radius 2 is 2.06 bits per heavy atom. The first-order valence-corrected chi connectivity index (χ1v) is 5.72. The zero-order chi connectivity index (χ0) is 13.0. The van der Waals surface area contributed by atoms with E-state index in [1.165, 1.54) is 6.07 Å². The largest absolute Gasteiger partial charge is 0.313 e. The maximum absolute atomic E-state index is 13.6. The lowest BCUT2D eigenvalue weighted by molar-refractivity contribution is 0.486. The highest BCUT2D eigenvalue weighted by Crippen LogP contribution is 2.20. The van der Waals surface area contributed by atoms with E-state index in [1.807, 2.05) is 12.1 Å². The van der Waals surface area contributed by atoms with Crippen LogP contribution in [-0.2, 0) is 6.42 Å². The number of hydrogen-bond acceptors (Lipinski definition) is 2. The van der Waals surface area contributed by atoms with Gasteiger partial charge in [0.25, 0.3) is 0 Å². The van der Waals surface area contributed by atoms with Gasteiger partial charge in [0.2, 0.25) is 0 Å². The summed E-state index contributed by atoms with van der Waals surface area (Å²) >= 11 is 0. The molecule has 1 unspecified atom stereocenters. The van der Waals surface area contributed by atoms with Crippen molar-refractivity contribution >= 4 is 0 Å². The molecule has 94 valence electrons. The van der Waals surface area contributed by atoms with Gasteiger partial charge in [-0.3, -0.25) is 4.98 Å². The summed E-state index contributed by atoms with van der Waals surface area (Å²) in [7, 11) is 1.79. The molecule has 1 heterocycles. The van der Waals surface area contributed by atoms with Crippen molar-refractivity contribution in [3.8, 4) is 0 Å². The van der Waals surface area contributed by atoms with Crippen LogP contribution < -0.4 is 5.32 Å². The lowest BCUT2D eigenvalue weighted by Gasteiger charge is -2.16. The molecule has 2 aromatic rings. The van der Waals surface area contributed by atoms with Crippen molar-refractivity contribution in [2.75, 3.05) is 7.05 Å². The fraction of sp³-hybridized carbons (Fsp3) is 0.214. The first-order chi connectivity index (χ1) is 8.72. The molecule has 1 N–H and O–H groups in total. The van der Waals surface area contributed by atoms with Gasteiger partial charge in [0.1, 0.15) is 0 Å². The fourth-order valence-corrected chi connectivity index (χ4v) is 1.89. The molecule has 0 spiro atoms. The quantitative estimate of drug-likeness (QED) is 0.900. The van der Waals surface area contributed by atoms with Crippen LogP contribution in [0.1, 0.15) is 17.2 Å². The van der Waals surface area contributed by atoms with Crippen LogP contribution in [0, 0.1) is 11.6 Å². The standard InChI is InChI=1S/C14H14F2N2/c1-17-13(11-5-3-7-18-9-11)8-10-4-2-6-12(15)14(10)16/h2-7,9,13,17H,8H2,1H3. The second-order valence-electron chi connectivity index (χ2n) is 4.04. The van der Waals surface area contributed by atoms with Crippen molar-refractivity contribution in [2.24, 2.45) is 0 Å². The molecule has 0 aliphatic carbocycles. The number of nitrogens with zero attached hydrogens (tertiary/aromatic N) is 1. The average Bonchev–Trinajstić information content (AvgIpc) is 2.41. The number of hydrogen-bond donors (Lipinski definition) is 1. The Kier molecular flexibility index (Phi) is 3.99. The van der Waals surface area contributed by atoms with E-state index in [0.29, 0.717) is 12.0 Å². The van der Waals surface area contributed by atoms with Gasteiger partial charge in [0.15, 0.2) is 11.6 Å². The molecule has 0 aliphatic rings. The number of pyridine rings is 1. The lowest BCUT2D eigenvalue weighted by atomic mass is 10.00. The molecular formula is C14H14F2N2. The van der Waals surface area contributed by atoms with Crippen molar-refractivity contribution in [3.05, 3.63) is 65.5 Å². The van der Waals surface area contributed by atoms with Gasteiger partial charge in [-0.25, -0.2) is 8.78 Å². The Bertz CT molecular complexity index is 514. The summed E-state index contributed by atoms with van der Waals surface area (Å²) in [4.78, 5) is 4.03. The molecule has 0 saturated carbocycles. The molecule has 4 heteroatoms. The monoisotopic (exact) mass is 248 g/mol. The summed E-state index contributed by atoms with van der Waals surface area (Å²) in [5, 5.41) is 3.08. The second-order valence-corrected chi connectivity index (χ2v) is 4.04. The van der Waals surface area contributed by atoms with Gasteiger partial charge in [-0.1, -0.05) is 18.2 Å². The summed E-state index contributed by atoms with van der Waals surface area (Å²) in [5.41, 5.74) is 1.31. The predicted octanol–water partition coefficient (Wildman–Crippen LogP) is 2.86. The lowest BCUT2D eigenvalue weighted by Crippen LogP contribution is -2.19. The van der Waals surface area contributed by atoms with Crippen molar-refractivity contribution in [3.63, 3.8) is 0 Å². The number of rotatable bonds is 4. The van der Waals surface area contributed by atoms with Crippen molar-refractivity contribution in [2.45, 2.75) is 12.5 Å². The molecule has 1 aromatic heterocycles. The van der Waals surface area contributed by atoms with Crippen molar-refractivity contribution in [1.29, 1.82) is 0 Å². The zero-order valence-electron chi connectivity index (χ0n) is 10.0. The van der Waals surface area contributed by atoms with Crippen molar-refractivity contribution < 1.29 is 8.78 Å². The molecule has 1 atom stereocenters. The van der Waals surface area contributed by atoms with Crippen LogP contribution in [0.3, 0.4) is 0 Å². The van der Waals surface area contributed by atoms with Crippen LogP contribution in [0.15, 0.2) is 42.7 Å². The number of benzene rings is 1. The Morgan fingerprint density at radius 1 is 1.22 bits per heavy atom. The minimum atomic E-state index is -0.812. The molecule has 0 bridgehead atoms. The number of likely N-dealkylation sites (N-methyl/N-ethyl adjacent to an activating group) is 1. The Hall–Kier alpha value is -1.81. The molecule has 0 saturated heterocycles. The van der Waals surface area contributed by atoms with E-state index in [2.05, 4.69) is 10.3 Å². The van der Waals surface area contributed by atoms with E-state index in [-0.39, 0.29) is 6.04 Å². The van der Waals surface area contributed by atoms with E-state index in [4.69, 9.17) is 0 Å². The fourth-order valence-electron chi connectivity index (χ4n) is 1.89.